The van der Waals surface area contributed by atoms with Gasteiger partial charge < -0.3 is 9.88 Å². The van der Waals surface area contributed by atoms with Crippen LogP contribution in [0.1, 0.15) is 16.3 Å². The number of benzene rings is 1. The molecular weight excluding hydrogens is 421 g/mol. The highest BCUT2D eigenvalue weighted by atomic mass is 35.5. The van der Waals surface area contributed by atoms with E-state index in [1.165, 1.54) is 20.9 Å². The first-order chi connectivity index (χ1) is 13.4. The number of hydrogen-bond acceptors (Lipinski definition) is 5. The molecule has 3 aromatic heterocycles. The summed E-state index contributed by atoms with van der Waals surface area (Å²) in [6.07, 6.45) is 1.65. The van der Waals surface area contributed by atoms with E-state index in [0.29, 0.717) is 31.8 Å². The number of halogens is 2. The smallest absolute Gasteiger partial charge is 0.274 e. The summed E-state index contributed by atoms with van der Waals surface area (Å²) in [4.78, 5) is 33.3. The number of rotatable bonds is 4. The van der Waals surface area contributed by atoms with Gasteiger partial charge in [0.25, 0.3) is 11.5 Å². The van der Waals surface area contributed by atoms with E-state index in [0.717, 1.165) is 0 Å². The Kier molecular flexibility index (Phi) is 4.92. The topological polar surface area (TPSA) is 83.9 Å². The van der Waals surface area contributed by atoms with Crippen LogP contribution in [0.25, 0.3) is 15.9 Å². The van der Waals surface area contributed by atoms with Crippen LogP contribution in [0.15, 0.2) is 46.7 Å². The first-order valence-corrected chi connectivity index (χ1v) is 9.79. The van der Waals surface area contributed by atoms with Gasteiger partial charge in [0, 0.05) is 18.3 Å². The van der Waals surface area contributed by atoms with Gasteiger partial charge >= 0.3 is 0 Å². The molecule has 0 saturated carbocycles. The zero-order valence-corrected chi connectivity index (χ0v) is 16.8. The number of carbonyl (C=O) groups excluding carboxylic acids is 1. The van der Waals surface area contributed by atoms with Crippen molar-refractivity contribution < 1.29 is 4.79 Å². The summed E-state index contributed by atoms with van der Waals surface area (Å²) in [5.41, 5.74) is 1.26. The number of hydrogen-bond donors (Lipinski definition) is 1. The predicted molar refractivity (Wildman–Crippen MR) is 110 cm³/mol. The third kappa shape index (κ3) is 3.54. The second kappa shape index (κ2) is 7.38. The summed E-state index contributed by atoms with van der Waals surface area (Å²) < 4.78 is 2.08. The van der Waals surface area contributed by atoms with E-state index >= 15 is 0 Å². The molecule has 1 N–H and O–H groups in total. The van der Waals surface area contributed by atoms with Gasteiger partial charge in [-0.1, -0.05) is 23.2 Å². The Labute approximate surface area is 173 Å². The van der Waals surface area contributed by atoms with E-state index in [1.54, 1.807) is 49.0 Å². The van der Waals surface area contributed by atoms with E-state index in [1.807, 2.05) is 0 Å². The number of aromatic nitrogens is 4. The number of H-pyrrole nitrogens is 1. The van der Waals surface area contributed by atoms with Crippen molar-refractivity contribution in [3.63, 3.8) is 0 Å². The first kappa shape index (κ1) is 18.7. The van der Waals surface area contributed by atoms with E-state index < -0.39 is 0 Å². The standard InChI is InChI=1S/C18H13Cl2N5O2S/c1-24(9-15-21-12-5-7-28-16(12)17(26)22-15)18(27)13-4-6-25(23-13)14-3-2-10(19)8-11(14)20/h2-8H,9H2,1H3,(H,21,22,26). The molecule has 142 valence electrons. The molecule has 28 heavy (non-hydrogen) atoms. The van der Waals surface area contributed by atoms with Crippen LogP contribution in [-0.4, -0.2) is 37.6 Å². The Bertz CT molecular complexity index is 1250. The number of amides is 1. The van der Waals surface area contributed by atoms with E-state index in [2.05, 4.69) is 15.1 Å². The molecule has 4 rings (SSSR count). The van der Waals surface area contributed by atoms with Gasteiger partial charge in [-0.2, -0.15) is 5.10 Å². The summed E-state index contributed by atoms with van der Waals surface area (Å²) in [6.45, 7) is 0.147. The lowest BCUT2D eigenvalue weighted by Crippen LogP contribution is -2.28. The van der Waals surface area contributed by atoms with Crippen LogP contribution < -0.4 is 5.56 Å². The summed E-state index contributed by atoms with van der Waals surface area (Å²) in [5, 5.41) is 7.05. The fourth-order valence-corrected chi connectivity index (χ4v) is 3.95. The van der Waals surface area contributed by atoms with Gasteiger partial charge in [0.05, 0.1) is 22.8 Å². The number of thiophene rings is 1. The summed E-state index contributed by atoms with van der Waals surface area (Å²) in [5.74, 6) is 0.101. The van der Waals surface area contributed by atoms with Gasteiger partial charge in [-0.05, 0) is 35.7 Å². The Balaban J connectivity index is 1.55. The molecule has 0 unspecified atom stereocenters. The number of carbonyl (C=O) groups is 1. The van der Waals surface area contributed by atoms with Gasteiger partial charge in [-0.3, -0.25) is 9.59 Å². The third-order valence-corrected chi connectivity index (χ3v) is 5.50. The SMILES string of the molecule is CN(Cc1nc2ccsc2c(=O)[nH]1)C(=O)c1ccn(-c2ccc(Cl)cc2Cl)n1. The Morgan fingerprint density at radius 3 is 2.89 bits per heavy atom. The van der Waals surface area contributed by atoms with Crippen LogP contribution in [0.2, 0.25) is 10.0 Å². The molecule has 0 saturated heterocycles. The van der Waals surface area contributed by atoms with E-state index in [9.17, 15) is 9.59 Å². The molecule has 0 aliphatic heterocycles. The monoisotopic (exact) mass is 433 g/mol. The van der Waals surface area contributed by atoms with Crippen LogP contribution >= 0.6 is 34.5 Å². The number of aromatic amines is 1. The molecule has 0 bridgehead atoms. The molecule has 0 atom stereocenters. The number of fused-ring (bicyclic) bond motifs is 1. The van der Waals surface area contributed by atoms with Crippen molar-refractivity contribution >= 4 is 50.7 Å². The van der Waals surface area contributed by atoms with Crippen LogP contribution in [0.4, 0.5) is 0 Å². The molecule has 0 aliphatic rings. The number of nitrogens with one attached hydrogen (secondary N) is 1. The molecule has 0 radical (unpaired) electrons. The number of nitrogens with zero attached hydrogens (tertiary/aromatic N) is 4. The van der Waals surface area contributed by atoms with Crippen molar-refractivity contribution in [2.75, 3.05) is 7.05 Å². The summed E-state index contributed by atoms with van der Waals surface area (Å²) >= 11 is 13.4. The second-order valence-corrected chi connectivity index (χ2v) is 7.81. The zero-order valence-electron chi connectivity index (χ0n) is 14.5. The lowest BCUT2D eigenvalue weighted by molar-refractivity contribution is 0.0775. The van der Waals surface area contributed by atoms with Gasteiger partial charge in [0.2, 0.25) is 0 Å². The molecule has 0 spiro atoms. The molecule has 4 aromatic rings. The zero-order chi connectivity index (χ0) is 19.8. The van der Waals surface area contributed by atoms with Gasteiger partial charge in [0.15, 0.2) is 5.69 Å². The maximum Gasteiger partial charge on any atom is 0.274 e. The minimum Gasteiger partial charge on any atom is -0.333 e. The second-order valence-electron chi connectivity index (χ2n) is 6.05. The highest BCUT2D eigenvalue weighted by Gasteiger charge is 2.17. The Morgan fingerprint density at radius 2 is 2.11 bits per heavy atom. The average molecular weight is 434 g/mol. The van der Waals surface area contributed by atoms with Gasteiger partial charge in [0.1, 0.15) is 10.5 Å². The van der Waals surface area contributed by atoms with Gasteiger partial charge in [-0.15, -0.1) is 11.3 Å². The quantitative estimate of drug-likeness (QED) is 0.530. The van der Waals surface area contributed by atoms with Crippen LogP contribution in [0.5, 0.6) is 0 Å². The van der Waals surface area contributed by atoms with Crippen LogP contribution in [0, 0.1) is 0 Å². The molecule has 7 nitrogen and oxygen atoms in total. The lowest BCUT2D eigenvalue weighted by Gasteiger charge is -2.15. The van der Waals surface area contributed by atoms with Crippen LogP contribution in [-0.2, 0) is 6.54 Å². The highest BCUT2D eigenvalue weighted by Crippen LogP contribution is 2.24. The Morgan fingerprint density at radius 1 is 1.29 bits per heavy atom. The van der Waals surface area contributed by atoms with Crippen molar-refractivity contribution in [2.45, 2.75) is 6.54 Å². The largest absolute Gasteiger partial charge is 0.333 e. The molecule has 0 fully saturated rings. The van der Waals surface area contributed by atoms with Gasteiger partial charge in [-0.25, -0.2) is 9.67 Å². The molecular formula is C18H13Cl2N5O2S. The molecule has 0 aliphatic carbocycles. The summed E-state index contributed by atoms with van der Waals surface area (Å²) in [6, 6.07) is 8.40. The minimum absolute atomic E-state index is 0.147. The van der Waals surface area contributed by atoms with Crippen molar-refractivity contribution in [1.82, 2.24) is 24.6 Å². The Hall–Kier alpha value is -2.68. The van der Waals surface area contributed by atoms with E-state index in [4.69, 9.17) is 23.2 Å². The molecule has 3 heterocycles. The molecule has 10 heteroatoms. The van der Waals surface area contributed by atoms with Crippen LogP contribution in [0.3, 0.4) is 0 Å². The van der Waals surface area contributed by atoms with Crippen molar-refractivity contribution in [2.24, 2.45) is 0 Å². The fourth-order valence-electron chi connectivity index (χ4n) is 2.73. The molecule has 1 amide bonds. The third-order valence-electron chi connectivity index (χ3n) is 4.06. The normalized spacial score (nSPS) is 11.1. The maximum absolute atomic E-state index is 12.7. The van der Waals surface area contributed by atoms with Crippen molar-refractivity contribution in [3.8, 4) is 5.69 Å². The fraction of sp³-hybridized carbons (Fsp3) is 0.111. The molecule has 1 aromatic carbocycles. The predicted octanol–water partition coefficient (Wildman–Crippen LogP) is 3.75. The summed E-state index contributed by atoms with van der Waals surface area (Å²) in [7, 11) is 1.62. The highest BCUT2D eigenvalue weighted by molar-refractivity contribution is 7.17. The first-order valence-electron chi connectivity index (χ1n) is 8.15. The maximum atomic E-state index is 12.7. The van der Waals surface area contributed by atoms with Crippen molar-refractivity contribution in [3.05, 3.63) is 73.8 Å². The lowest BCUT2D eigenvalue weighted by atomic mass is 10.3. The minimum atomic E-state index is -0.308. The van der Waals surface area contributed by atoms with Crippen molar-refractivity contribution in [1.29, 1.82) is 0 Å². The van der Waals surface area contributed by atoms with E-state index in [-0.39, 0.29) is 23.7 Å². The average Bonchev–Trinajstić information content (AvgIpc) is 3.30.